The van der Waals surface area contributed by atoms with Crippen LogP contribution in [0, 0.1) is 6.92 Å². The van der Waals surface area contributed by atoms with Gasteiger partial charge < -0.3 is 15.1 Å². The molecule has 2 aromatic heterocycles. The molecule has 4 N–H and O–H groups in total. The van der Waals surface area contributed by atoms with Gasteiger partial charge in [-0.15, -0.1) is 0 Å². The van der Waals surface area contributed by atoms with Crippen molar-refractivity contribution in [3.63, 3.8) is 0 Å². The first-order chi connectivity index (χ1) is 9.13. The summed E-state index contributed by atoms with van der Waals surface area (Å²) >= 11 is 0. The van der Waals surface area contributed by atoms with Gasteiger partial charge in [-0.3, -0.25) is 10.1 Å². The molecular formula is C13H12N4O2. The topological polar surface area (TPSA) is 96.9 Å². The monoisotopic (exact) mass is 256 g/mol. The highest BCUT2D eigenvalue weighted by atomic mass is 16.4. The molecule has 0 aliphatic rings. The minimum Gasteiger partial charge on any atom is -0.432 e. The number of aromatic nitrogens is 2. The van der Waals surface area contributed by atoms with E-state index in [0.717, 1.165) is 10.9 Å². The molecule has 0 bridgehead atoms. The largest absolute Gasteiger partial charge is 0.432 e. The summed E-state index contributed by atoms with van der Waals surface area (Å²) in [5, 5.41) is 3.40. The van der Waals surface area contributed by atoms with Crippen molar-refractivity contribution in [3.8, 4) is 0 Å². The van der Waals surface area contributed by atoms with Crippen molar-refractivity contribution >= 4 is 28.5 Å². The molecule has 0 fully saturated rings. The first kappa shape index (κ1) is 11.3. The maximum Gasteiger partial charge on any atom is 0.301 e. The van der Waals surface area contributed by atoms with Gasteiger partial charge in [0.2, 0.25) is 0 Å². The Bertz CT molecular complexity index is 757. The highest BCUT2D eigenvalue weighted by Gasteiger charge is 2.14. The number of oxazole rings is 1. The number of aryl methyl sites for hydroxylation is 1. The smallest absolute Gasteiger partial charge is 0.301 e. The molecule has 0 aliphatic heterocycles. The van der Waals surface area contributed by atoms with Crippen LogP contribution < -0.4 is 11.1 Å². The molecule has 19 heavy (non-hydrogen) atoms. The van der Waals surface area contributed by atoms with Crippen molar-refractivity contribution in [1.29, 1.82) is 0 Å². The number of rotatable bonds is 2. The summed E-state index contributed by atoms with van der Waals surface area (Å²) < 4.78 is 5.09. The van der Waals surface area contributed by atoms with Gasteiger partial charge in [-0.25, -0.2) is 0 Å². The second-order valence-electron chi connectivity index (χ2n) is 4.26. The molecule has 0 aliphatic carbocycles. The lowest BCUT2D eigenvalue weighted by molar-refractivity contribution is 0.102. The van der Waals surface area contributed by atoms with Crippen LogP contribution in [0.2, 0.25) is 0 Å². The number of amides is 1. The molecule has 0 spiro atoms. The molecule has 1 aromatic carbocycles. The maximum atomic E-state index is 12.1. The zero-order chi connectivity index (χ0) is 13.4. The fraction of sp³-hybridized carbons (Fsp3) is 0.0769. The Labute approximate surface area is 108 Å². The first-order valence-electron chi connectivity index (χ1n) is 5.73. The summed E-state index contributed by atoms with van der Waals surface area (Å²) in [6.07, 6.45) is 3.11. The Balaban J connectivity index is 1.93. The van der Waals surface area contributed by atoms with Gasteiger partial charge in [-0.1, -0.05) is 0 Å². The van der Waals surface area contributed by atoms with Crippen LogP contribution in [-0.4, -0.2) is 15.9 Å². The van der Waals surface area contributed by atoms with E-state index in [4.69, 9.17) is 10.2 Å². The number of anilines is 2. The highest BCUT2D eigenvalue weighted by molar-refractivity contribution is 6.12. The lowest BCUT2D eigenvalue weighted by Crippen LogP contribution is -2.11. The number of aromatic amines is 1. The van der Waals surface area contributed by atoms with Crippen LogP contribution in [0.1, 0.15) is 16.1 Å². The van der Waals surface area contributed by atoms with E-state index in [1.807, 2.05) is 0 Å². The van der Waals surface area contributed by atoms with Crippen molar-refractivity contribution < 1.29 is 9.21 Å². The minimum atomic E-state index is -0.280. The lowest BCUT2D eigenvalue weighted by Gasteiger charge is -1.99. The van der Waals surface area contributed by atoms with E-state index in [9.17, 15) is 4.79 Å². The summed E-state index contributed by atoms with van der Waals surface area (Å²) in [6, 6.07) is 5.52. The third-order valence-electron chi connectivity index (χ3n) is 2.79. The fourth-order valence-corrected chi connectivity index (χ4v) is 1.91. The molecule has 96 valence electrons. The lowest BCUT2D eigenvalue weighted by atomic mass is 10.1. The van der Waals surface area contributed by atoms with E-state index >= 15 is 0 Å². The number of carbonyl (C=O) groups is 1. The molecule has 6 nitrogen and oxygen atoms in total. The quantitative estimate of drug-likeness (QED) is 0.613. The predicted molar refractivity (Wildman–Crippen MR) is 71.9 cm³/mol. The normalized spacial score (nSPS) is 10.8. The zero-order valence-electron chi connectivity index (χ0n) is 10.2. The molecule has 0 unspecified atom stereocenters. The van der Waals surface area contributed by atoms with E-state index < -0.39 is 0 Å². The second-order valence-corrected chi connectivity index (χ2v) is 4.26. The summed E-state index contributed by atoms with van der Waals surface area (Å²) in [5.41, 5.74) is 8.38. The average molecular weight is 256 g/mol. The van der Waals surface area contributed by atoms with Crippen LogP contribution in [0.25, 0.3) is 10.9 Å². The molecule has 0 saturated heterocycles. The minimum absolute atomic E-state index is 0.187. The predicted octanol–water partition coefficient (Wildman–Crippen LogP) is 2.30. The molecular weight excluding hydrogens is 244 g/mol. The number of fused-ring (bicyclic) bond motifs is 1. The van der Waals surface area contributed by atoms with Crippen LogP contribution in [0.4, 0.5) is 11.7 Å². The first-order valence-corrected chi connectivity index (χ1v) is 5.73. The number of benzene rings is 1. The standard InChI is InChI=1S/C13H12N4O2/c1-7-6-19-13(16-7)17-12(18)10-5-15-11-4-8(14)2-3-9(10)11/h2-6,15H,14H2,1H3,(H,16,17,18). The highest BCUT2D eigenvalue weighted by Crippen LogP contribution is 2.21. The fourth-order valence-electron chi connectivity index (χ4n) is 1.91. The number of nitrogens with two attached hydrogens (primary N) is 1. The van der Waals surface area contributed by atoms with Crippen molar-refractivity contribution in [3.05, 3.63) is 41.9 Å². The third-order valence-corrected chi connectivity index (χ3v) is 2.79. The van der Waals surface area contributed by atoms with Crippen molar-refractivity contribution in [2.24, 2.45) is 0 Å². The van der Waals surface area contributed by atoms with Gasteiger partial charge in [-0.2, -0.15) is 4.98 Å². The molecule has 2 heterocycles. The zero-order valence-corrected chi connectivity index (χ0v) is 10.2. The Kier molecular flexibility index (Phi) is 2.49. The van der Waals surface area contributed by atoms with E-state index in [1.54, 1.807) is 31.3 Å². The van der Waals surface area contributed by atoms with Gasteiger partial charge in [0.05, 0.1) is 11.3 Å². The third kappa shape index (κ3) is 2.03. The Hall–Kier alpha value is -2.76. The van der Waals surface area contributed by atoms with Crippen molar-refractivity contribution in [2.75, 3.05) is 11.1 Å². The number of nitrogens with zero attached hydrogens (tertiary/aromatic N) is 1. The van der Waals surface area contributed by atoms with Crippen LogP contribution in [0.5, 0.6) is 0 Å². The number of H-pyrrole nitrogens is 1. The maximum absolute atomic E-state index is 12.1. The van der Waals surface area contributed by atoms with Crippen molar-refractivity contribution in [1.82, 2.24) is 9.97 Å². The van der Waals surface area contributed by atoms with Gasteiger partial charge >= 0.3 is 6.01 Å². The van der Waals surface area contributed by atoms with Gasteiger partial charge in [0.1, 0.15) is 6.26 Å². The summed E-state index contributed by atoms with van der Waals surface area (Å²) in [6.45, 7) is 1.79. The molecule has 1 amide bonds. The number of hydrogen-bond acceptors (Lipinski definition) is 4. The Morgan fingerprint density at radius 1 is 1.47 bits per heavy atom. The molecule has 6 heteroatoms. The average Bonchev–Trinajstić information content (AvgIpc) is 2.95. The molecule has 0 atom stereocenters. The number of carbonyl (C=O) groups excluding carboxylic acids is 1. The van der Waals surface area contributed by atoms with Crippen LogP contribution in [-0.2, 0) is 0 Å². The molecule has 3 aromatic rings. The van der Waals surface area contributed by atoms with Gasteiger partial charge in [0.25, 0.3) is 5.91 Å². The van der Waals surface area contributed by atoms with Gasteiger partial charge in [-0.05, 0) is 25.1 Å². The molecule has 0 radical (unpaired) electrons. The van der Waals surface area contributed by atoms with Gasteiger partial charge in [0.15, 0.2) is 0 Å². The van der Waals surface area contributed by atoms with E-state index in [0.29, 0.717) is 16.9 Å². The van der Waals surface area contributed by atoms with Crippen molar-refractivity contribution in [2.45, 2.75) is 6.92 Å². The SMILES string of the molecule is Cc1coc(NC(=O)c2c[nH]c3cc(N)ccc23)n1. The summed E-state index contributed by atoms with van der Waals surface area (Å²) in [7, 11) is 0. The van der Waals surface area contributed by atoms with Gasteiger partial charge in [0, 0.05) is 22.8 Å². The summed E-state index contributed by atoms with van der Waals surface area (Å²) in [5.74, 6) is -0.280. The van der Waals surface area contributed by atoms with Crippen LogP contribution in [0.15, 0.2) is 35.1 Å². The number of hydrogen-bond donors (Lipinski definition) is 3. The Morgan fingerprint density at radius 3 is 3.05 bits per heavy atom. The van der Waals surface area contributed by atoms with Crippen LogP contribution in [0.3, 0.4) is 0 Å². The van der Waals surface area contributed by atoms with E-state index in [-0.39, 0.29) is 11.9 Å². The summed E-state index contributed by atoms with van der Waals surface area (Å²) in [4.78, 5) is 19.2. The second kappa shape index (κ2) is 4.16. The van der Waals surface area contributed by atoms with E-state index in [1.165, 1.54) is 6.26 Å². The Morgan fingerprint density at radius 2 is 2.32 bits per heavy atom. The number of nitrogen functional groups attached to an aromatic ring is 1. The molecule has 0 saturated carbocycles. The molecule has 3 rings (SSSR count). The van der Waals surface area contributed by atoms with E-state index in [2.05, 4.69) is 15.3 Å². The van der Waals surface area contributed by atoms with Crippen LogP contribution >= 0.6 is 0 Å². The number of nitrogens with one attached hydrogen (secondary N) is 2.